The molecule has 6 heteroatoms. The number of esters is 1. The van der Waals surface area contributed by atoms with Gasteiger partial charge in [-0.3, -0.25) is 4.79 Å². The van der Waals surface area contributed by atoms with E-state index in [-0.39, 0.29) is 29.6 Å². The lowest BCUT2D eigenvalue weighted by Gasteiger charge is -2.38. The van der Waals surface area contributed by atoms with Crippen molar-refractivity contribution in [2.24, 2.45) is 5.92 Å². The molecule has 28 heavy (non-hydrogen) atoms. The maximum Gasteiger partial charge on any atom is 0.328 e. The molecule has 0 bridgehead atoms. The molecule has 2 unspecified atom stereocenters. The van der Waals surface area contributed by atoms with Crippen molar-refractivity contribution in [3.8, 4) is 0 Å². The van der Waals surface area contributed by atoms with E-state index in [1.807, 2.05) is 30.3 Å². The molecular formula is C22H35NO4Si. The predicted molar refractivity (Wildman–Crippen MR) is 113 cm³/mol. The summed E-state index contributed by atoms with van der Waals surface area (Å²) in [5.74, 6) is -0.589. The first-order valence-electron chi connectivity index (χ1n) is 10.2. The molecule has 1 aliphatic carbocycles. The molecule has 2 rings (SSSR count). The molecule has 1 aromatic rings. The molecule has 0 aliphatic heterocycles. The molecule has 1 fully saturated rings. The van der Waals surface area contributed by atoms with Gasteiger partial charge in [-0.15, -0.1) is 0 Å². The zero-order chi connectivity index (χ0) is 20.9. The van der Waals surface area contributed by atoms with Gasteiger partial charge >= 0.3 is 5.97 Å². The van der Waals surface area contributed by atoms with Gasteiger partial charge in [0.2, 0.25) is 5.91 Å². The average molecular weight is 406 g/mol. The van der Waals surface area contributed by atoms with E-state index in [1.165, 1.54) is 0 Å². The third-order valence-corrected chi connectivity index (χ3v) is 10.5. The first-order chi connectivity index (χ1) is 13.0. The van der Waals surface area contributed by atoms with E-state index in [0.717, 1.165) is 24.8 Å². The third-order valence-electron chi connectivity index (χ3n) is 5.96. The summed E-state index contributed by atoms with van der Waals surface area (Å²) >= 11 is 0. The number of hydrogen-bond donors (Lipinski definition) is 1. The maximum atomic E-state index is 12.6. The predicted octanol–water partition coefficient (Wildman–Crippen LogP) is 4.43. The van der Waals surface area contributed by atoms with Gasteiger partial charge in [-0.2, -0.15) is 0 Å². The van der Waals surface area contributed by atoms with Crippen molar-refractivity contribution >= 4 is 20.2 Å². The van der Waals surface area contributed by atoms with Gasteiger partial charge in [-0.05, 0) is 49.9 Å². The standard InChI is InChI=1S/C22H35NO4Si/c1-16(21(25)26-15-17-10-8-7-9-11-17)23-20(24)18-12-13-19(14-18)27-28(5,6)22(2,3)4/h7-11,16,18-19H,12-15H2,1-6H3,(H,23,24)/t16?,18?,19-/m1/s1. The maximum absolute atomic E-state index is 12.6. The monoisotopic (exact) mass is 405 g/mol. The van der Waals surface area contributed by atoms with Crippen LogP contribution in [0.2, 0.25) is 18.1 Å². The number of amides is 1. The first kappa shape index (κ1) is 22.6. The largest absolute Gasteiger partial charge is 0.459 e. The van der Waals surface area contributed by atoms with Crippen LogP contribution < -0.4 is 5.32 Å². The number of hydrogen-bond acceptors (Lipinski definition) is 4. The fraction of sp³-hybridized carbons (Fsp3) is 0.636. The van der Waals surface area contributed by atoms with Crippen LogP contribution in [0.1, 0.15) is 52.5 Å². The van der Waals surface area contributed by atoms with Crippen LogP contribution in [0.4, 0.5) is 0 Å². The Hall–Kier alpha value is -1.66. The molecule has 1 saturated carbocycles. The molecule has 0 saturated heterocycles. The number of carbonyl (C=O) groups excluding carboxylic acids is 2. The summed E-state index contributed by atoms with van der Waals surface area (Å²) in [7, 11) is -1.83. The Bertz CT molecular complexity index is 669. The zero-order valence-corrected chi connectivity index (χ0v) is 19.1. The van der Waals surface area contributed by atoms with Gasteiger partial charge in [0, 0.05) is 12.0 Å². The van der Waals surface area contributed by atoms with Gasteiger partial charge in [-0.1, -0.05) is 51.1 Å². The first-order valence-corrected chi connectivity index (χ1v) is 13.1. The Kier molecular flexibility index (Phi) is 7.45. The van der Waals surface area contributed by atoms with Gasteiger partial charge < -0.3 is 14.5 Å². The molecule has 1 aliphatic rings. The molecule has 156 valence electrons. The molecule has 1 amide bonds. The summed E-state index contributed by atoms with van der Waals surface area (Å²) in [5, 5.41) is 2.97. The van der Waals surface area contributed by atoms with Crippen molar-refractivity contribution in [3.63, 3.8) is 0 Å². The summed E-state index contributed by atoms with van der Waals surface area (Å²) in [6.45, 7) is 13.0. The topological polar surface area (TPSA) is 64.6 Å². The van der Waals surface area contributed by atoms with Crippen LogP contribution in [-0.2, 0) is 25.4 Å². The summed E-state index contributed by atoms with van der Waals surface area (Å²) in [6.07, 6.45) is 2.57. The van der Waals surface area contributed by atoms with E-state index in [9.17, 15) is 9.59 Å². The molecule has 0 spiro atoms. The SMILES string of the molecule is CC(NC(=O)C1CC[C@@H](O[Si](C)(C)C(C)(C)C)C1)C(=O)OCc1ccccc1. The molecule has 0 heterocycles. The molecule has 0 radical (unpaired) electrons. The highest BCUT2D eigenvalue weighted by molar-refractivity contribution is 6.74. The Labute approximate surface area is 170 Å². The van der Waals surface area contributed by atoms with Gasteiger partial charge in [-0.25, -0.2) is 4.79 Å². The van der Waals surface area contributed by atoms with Crippen molar-refractivity contribution < 1.29 is 18.8 Å². The minimum absolute atomic E-state index is 0.0782. The lowest BCUT2D eigenvalue weighted by atomic mass is 10.1. The highest BCUT2D eigenvalue weighted by Gasteiger charge is 2.41. The van der Waals surface area contributed by atoms with Crippen LogP contribution in [0.5, 0.6) is 0 Å². The van der Waals surface area contributed by atoms with Crippen molar-refractivity contribution in [1.29, 1.82) is 0 Å². The summed E-state index contributed by atoms with van der Waals surface area (Å²) in [5.41, 5.74) is 0.927. The van der Waals surface area contributed by atoms with Crippen molar-refractivity contribution in [1.82, 2.24) is 5.32 Å². The average Bonchev–Trinajstić information content (AvgIpc) is 3.07. The van der Waals surface area contributed by atoms with Crippen LogP contribution in [-0.4, -0.2) is 32.3 Å². The van der Waals surface area contributed by atoms with Crippen LogP contribution in [0, 0.1) is 5.92 Å². The Morgan fingerprint density at radius 3 is 2.43 bits per heavy atom. The summed E-state index contributed by atoms with van der Waals surface area (Å²) < 4.78 is 11.8. The minimum Gasteiger partial charge on any atom is -0.459 e. The van der Waals surface area contributed by atoms with Gasteiger partial charge in [0.25, 0.3) is 0 Å². The number of rotatable bonds is 7. The second-order valence-electron chi connectivity index (χ2n) is 9.33. The van der Waals surface area contributed by atoms with Gasteiger partial charge in [0.1, 0.15) is 12.6 Å². The molecule has 3 atom stereocenters. The zero-order valence-electron chi connectivity index (χ0n) is 18.1. The summed E-state index contributed by atoms with van der Waals surface area (Å²) in [6, 6.07) is 8.86. The van der Waals surface area contributed by atoms with Gasteiger partial charge in [0.05, 0.1) is 0 Å². The highest BCUT2D eigenvalue weighted by Crippen LogP contribution is 2.40. The second-order valence-corrected chi connectivity index (χ2v) is 14.1. The van der Waals surface area contributed by atoms with E-state index in [1.54, 1.807) is 6.92 Å². The van der Waals surface area contributed by atoms with E-state index < -0.39 is 20.3 Å². The second kappa shape index (κ2) is 9.22. The van der Waals surface area contributed by atoms with Crippen molar-refractivity contribution in [2.75, 3.05) is 0 Å². The van der Waals surface area contributed by atoms with Crippen molar-refractivity contribution in [3.05, 3.63) is 35.9 Å². The molecule has 5 nitrogen and oxygen atoms in total. The molecule has 1 N–H and O–H groups in total. The number of nitrogens with one attached hydrogen (secondary N) is 1. The Balaban J connectivity index is 1.79. The highest BCUT2D eigenvalue weighted by atomic mass is 28.4. The fourth-order valence-corrected chi connectivity index (χ4v) is 4.52. The lowest BCUT2D eigenvalue weighted by molar-refractivity contribution is -0.149. The van der Waals surface area contributed by atoms with E-state index >= 15 is 0 Å². The van der Waals surface area contributed by atoms with Crippen LogP contribution in [0.25, 0.3) is 0 Å². The molecule has 0 aromatic heterocycles. The van der Waals surface area contributed by atoms with Gasteiger partial charge in [0.15, 0.2) is 8.32 Å². The van der Waals surface area contributed by atoms with E-state index in [0.29, 0.717) is 0 Å². The fourth-order valence-electron chi connectivity index (χ4n) is 3.12. The van der Waals surface area contributed by atoms with E-state index in [2.05, 4.69) is 39.2 Å². The number of ether oxygens (including phenoxy) is 1. The summed E-state index contributed by atoms with van der Waals surface area (Å²) in [4.78, 5) is 24.8. The quantitative estimate of drug-likeness (QED) is 0.538. The molecular weight excluding hydrogens is 370 g/mol. The van der Waals surface area contributed by atoms with Crippen LogP contribution >= 0.6 is 0 Å². The van der Waals surface area contributed by atoms with Crippen LogP contribution in [0.3, 0.4) is 0 Å². The molecule has 1 aromatic carbocycles. The number of benzene rings is 1. The number of carbonyl (C=O) groups is 2. The normalized spacial score (nSPS) is 21.2. The Morgan fingerprint density at radius 2 is 1.82 bits per heavy atom. The Morgan fingerprint density at radius 1 is 1.18 bits per heavy atom. The van der Waals surface area contributed by atoms with E-state index in [4.69, 9.17) is 9.16 Å². The smallest absolute Gasteiger partial charge is 0.328 e. The minimum atomic E-state index is -1.83. The van der Waals surface area contributed by atoms with Crippen LogP contribution in [0.15, 0.2) is 30.3 Å². The third kappa shape index (κ3) is 6.17. The lowest BCUT2D eigenvalue weighted by Crippen LogP contribution is -2.44. The van der Waals surface area contributed by atoms with Crippen molar-refractivity contribution in [2.45, 2.75) is 83.8 Å².